The molecule has 0 aliphatic carbocycles. The van der Waals surface area contributed by atoms with E-state index in [0.29, 0.717) is 0 Å². The van der Waals surface area contributed by atoms with Gasteiger partial charge in [-0.2, -0.15) is 12.6 Å². The van der Waals surface area contributed by atoms with E-state index >= 15 is 0 Å². The lowest BCUT2D eigenvalue weighted by molar-refractivity contribution is 0.593. The zero-order valence-electron chi connectivity index (χ0n) is 5.06. The third-order valence-electron chi connectivity index (χ3n) is 1.64. The monoisotopic (exact) mass is 131 g/mol. The molecule has 0 spiro atoms. The van der Waals surface area contributed by atoms with Gasteiger partial charge in [0.2, 0.25) is 0 Å². The molecule has 0 saturated carbocycles. The molecule has 0 amide bonds. The minimum Gasteiger partial charge on any atom is -0.314 e. The summed E-state index contributed by atoms with van der Waals surface area (Å²) in [5.41, 5.74) is 0. The highest BCUT2D eigenvalue weighted by Gasteiger charge is 2.11. The minimum atomic E-state index is 0.785. The Kier molecular flexibility index (Phi) is 2.70. The highest BCUT2D eigenvalue weighted by Crippen LogP contribution is 2.08. The first-order chi connectivity index (χ1) is 3.93. The van der Waals surface area contributed by atoms with Crippen LogP contribution < -0.4 is 5.32 Å². The molecule has 1 unspecified atom stereocenters. The van der Waals surface area contributed by atoms with Crippen LogP contribution in [0.15, 0.2) is 0 Å². The van der Waals surface area contributed by atoms with Crippen LogP contribution in [0.1, 0.15) is 19.3 Å². The Morgan fingerprint density at radius 2 is 2.50 bits per heavy atom. The highest BCUT2D eigenvalue weighted by molar-refractivity contribution is 7.80. The smallest absolute Gasteiger partial charge is 0.00752 e. The van der Waals surface area contributed by atoms with Crippen molar-refractivity contribution in [1.29, 1.82) is 0 Å². The molecule has 0 bridgehead atoms. The third kappa shape index (κ3) is 1.67. The Balaban J connectivity index is 2.06. The summed E-state index contributed by atoms with van der Waals surface area (Å²) in [6, 6.07) is 0.785. The average molecular weight is 131 g/mol. The van der Waals surface area contributed by atoms with Crippen LogP contribution in [-0.2, 0) is 0 Å². The second-order valence-electron chi connectivity index (χ2n) is 2.31. The molecule has 0 aromatic carbocycles. The maximum absolute atomic E-state index is 4.16. The van der Waals surface area contributed by atoms with Gasteiger partial charge in [0.25, 0.3) is 0 Å². The van der Waals surface area contributed by atoms with E-state index in [0.717, 1.165) is 11.8 Å². The fourth-order valence-corrected chi connectivity index (χ4v) is 1.47. The van der Waals surface area contributed by atoms with Gasteiger partial charge in [0, 0.05) is 6.04 Å². The fraction of sp³-hybridized carbons (Fsp3) is 1.00. The summed E-state index contributed by atoms with van der Waals surface area (Å²) in [6.07, 6.45) is 3.96. The van der Waals surface area contributed by atoms with E-state index < -0.39 is 0 Å². The lowest BCUT2D eigenvalue weighted by Gasteiger charge is -2.05. The van der Waals surface area contributed by atoms with E-state index in [1.807, 2.05) is 0 Å². The van der Waals surface area contributed by atoms with Crippen LogP contribution in [0.5, 0.6) is 0 Å². The van der Waals surface area contributed by atoms with Crippen molar-refractivity contribution in [2.75, 3.05) is 12.3 Å². The van der Waals surface area contributed by atoms with Crippen molar-refractivity contribution in [2.45, 2.75) is 25.3 Å². The van der Waals surface area contributed by atoms with Gasteiger partial charge in [-0.1, -0.05) is 0 Å². The first-order valence-corrected chi connectivity index (χ1v) is 3.91. The molecule has 1 fully saturated rings. The van der Waals surface area contributed by atoms with E-state index in [9.17, 15) is 0 Å². The maximum Gasteiger partial charge on any atom is 0.00752 e. The Hall–Kier alpha value is 0.310. The molecule has 1 nitrogen and oxygen atoms in total. The average Bonchev–Trinajstić information content (AvgIpc) is 2.19. The Morgan fingerprint density at radius 3 is 3.00 bits per heavy atom. The topological polar surface area (TPSA) is 12.0 Å². The third-order valence-corrected chi connectivity index (χ3v) is 1.90. The standard InChI is InChI=1S/C6H13NS/c8-5-3-6-2-1-4-7-6/h6-8H,1-5H2. The summed E-state index contributed by atoms with van der Waals surface area (Å²) >= 11 is 4.16. The van der Waals surface area contributed by atoms with Gasteiger partial charge in [0.1, 0.15) is 0 Å². The zero-order chi connectivity index (χ0) is 5.82. The maximum atomic E-state index is 4.16. The minimum absolute atomic E-state index is 0.785. The summed E-state index contributed by atoms with van der Waals surface area (Å²) in [7, 11) is 0. The van der Waals surface area contributed by atoms with Crippen molar-refractivity contribution in [3.05, 3.63) is 0 Å². The molecule has 1 aliphatic heterocycles. The van der Waals surface area contributed by atoms with Gasteiger partial charge in [0.05, 0.1) is 0 Å². The summed E-state index contributed by atoms with van der Waals surface area (Å²) in [5, 5.41) is 3.41. The van der Waals surface area contributed by atoms with Crippen LogP contribution in [0.2, 0.25) is 0 Å². The summed E-state index contributed by atoms with van der Waals surface area (Å²) in [5.74, 6) is 1.03. The van der Waals surface area contributed by atoms with Crippen molar-refractivity contribution in [2.24, 2.45) is 0 Å². The van der Waals surface area contributed by atoms with Crippen molar-refractivity contribution in [3.8, 4) is 0 Å². The van der Waals surface area contributed by atoms with Crippen LogP contribution in [0.25, 0.3) is 0 Å². The first-order valence-electron chi connectivity index (χ1n) is 3.27. The van der Waals surface area contributed by atoms with Crippen molar-refractivity contribution < 1.29 is 0 Å². The summed E-state index contributed by atoms with van der Waals surface area (Å²) in [4.78, 5) is 0. The quantitative estimate of drug-likeness (QED) is 0.534. The van der Waals surface area contributed by atoms with Crippen LogP contribution in [0, 0.1) is 0 Å². The molecule has 8 heavy (non-hydrogen) atoms. The van der Waals surface area contributed by atoms with Crippen molar-refractivity contribution in [1.82, 2.24) is 5.32 Å². The number of rotatable bonds is 2. The molecule has 0 aromatic rings. The molecular weight excluding hydrogens is 118 g/mol. The van der Waals surface area contributed by atoms with E-state index in [1.165, 1.54) is 25.8 Å². The number of hydrogen-bond acceptors (Lipinski definition) is 2. The van der Waals surface area contributed by atoms with Gasteiger partial charge in [-0.3, -0.25) is 0 Å². The largest absolute Gasteiger partial charge is 0.314 e. The van der Waals surface area contributed by atoms with E-state index in [4.69, 9.17) is 0 Å². The normalized spacial score (nSPS) is 28.9. The van der Waals surface area contributed by atoms with Gasteiger partial charge < -0.3 is 5.32 Å². The molecule has 2 heteroatoms. The Morgan fingerprint density at radius 1 is 1.62 bits per heavy atom. The number of nitrogens with one attached hydrogen (secondary N) is 1. The summed E-state index contributed by atoms with van der Waals surface area (Å²) in [6.45, 7) is 1.22. The van der Waals surface area contributed by atoms with E-state index in [-0.39, 0.29) is 0 Å². The van der Waals surface area contributed by atoms with Gasteiger partial charge >= 0.3 is 0 Å². The number of hydrogen-bond donors (Lipinski definition) is 2. The van der Waals surface area contributed by atoms with Crippen LogP contribution in [0.3, 0.4) is 0 Å². The van der Waals surface area contributed by atoms with Crippen LogP contribution in [-0.4, -0.2) is 18.3 Å². The predicted molar refractivity (Wildman–Crippen MR) is 39.5 cm³/mol. The molecule has 1 aliphatic rings. The second-order valence-corrected chi connectivity index (χ2v) is 2.75. The number of thiol groups is 1. The fourth-order valence-electron chi connectivity index (χ4n) is 1.16. The molecule has 48 valence electrons. The van der Waals surface area contributed by atoms with Gasteiger partial charge in [-0.15, -0.1) is 0 Å². The Labute approximate surface area is 56.3 Å². The van der Waals surface area contributed by atoms with Crippen molar-refractivity contribution >= 4 is 12.6 Å². The molecule has 1 heterocycles. The predicted octanol–water partition coefficient (Wildman–Crippen LogP) is 1.06. The molecule has 0 aromatic heterocycles. The molecular formula is C6H13NS. The molecule has 1 N–H and O–H groups in total. The lowest BCUT2D eigenvalue weighted by Crippen LogP contribution is -2.21. The molecule has 1 rings (SSSR count). The molecule has 0 radical (unpaired) electrons. The van der Waals surface area contributed by atoms with E-state index in [2.05, 4.69) is 17.9 Å². The SMILES string of the molecule is SCCC1CCCN1. The highest BCUT2D eigenvalue weighted by atomic mass is 32.1. The van der Waals surface area contributed by atoms with Crippen LogP contribution in [0.4, 0.5) is 0 Å². The lowest BCUT2D eigenvalue weighted by atomic mass is 10.2. The van der Waals surface area contributed by atoms with Gasteiger partial charge in [-0.25, -0.2) is 0 Å². The second kappa shape index (κ2) is 3.36. The molecule has 1 atom stereocenters. The van der Waals surface area contributed by atoms with E-state index in [1.54, 1.807) is 0 Å². The zero-order valence-corrected chi connectivity index (χ0v) is 5.95. The first kappa shape index (κ1) is 6.43. The van der Waals surface area contributed by atoms with Crippen LogP contribution >= 0.6 is 12.6 Å². The van der Waals surface area contributed by atoms with Gasteiger partial charge in [0.15, 0.2) is 0 Å². The molecule has 1 saturated heterocycles. The Bertz CT molecular complexity index is 59.5. The van der Waals surface area contributed by atoms with Gasteiger partial charge in [-0.05, 0) is 31.6 Å². The van der Waals surface area contributed by atoms with Crippen molar-refractivity contribution in [3.63, 3.8) is 0 Å². The summed E-state index contributed by atoms with van der Waals surface area (Å²) < 4.78 is 0.